The van der Waals surface area contributed by atoms with Gasteiger partial charge in [0.2, 0.25) is 0 Å². The van der Waals surface area contributed by atoms with Crippen LogP contribution in [-0.4, -0.2) is 18.3 Å². The van der Waals surface area contributed by atoms with Crippen molar-refractivity contribution in [1.29, 1.82) is 0 Å². The third-order valence-corrected chi connectivity index (χ3v) is 2.61. The fourth-order valence-electron chi connectivity index (χ4n) is 1.69. The van der Waals surface area contributed by atoms with E-state index in [1.54, 1.807) is 18.2 Å². The molecule has 0 saturated carbocycles. The fraction of sp³-hybridized carbons (Fsp3) is 0.273. The lowest BCUT2D eigenvalue weighted by atomic mass is 10.1. The number of fused-ring (bicyclic) bond motifs is 1. The molecule has 3 N–H and O–H groups in total. The van der Waals surface area contributed by atoms with Crippen molar-refractivity contribution in [3.8, 4) is 5.75 Å². The molecular weight excluding hydrogens is 233 g/mol. The third kappa shape index (κ3) is 2.08. The van der Waals surface area contributed by atoms with Gasteiger partial charge < -0.3 is 15.5 Å². The van der Waals surface area contributed by atoms with Gasteiger partial charge in [0.25, 0.3) is 0 Å². The smallest absolute Gasteiger partial charge is 0.407 e. The van der Waals surface area contributed by atoms with E-state index in [2.05, 4.69) is 4.98 Å². The topological polar surface area (TPSA) is 51.0 Å². The molecule has 1 atom stereocenters. The number of methoxy groups -OCH3 is 1. The Balaban J connectivity index is 2.50. The van der Waals surface area contributed by atoms with Crippen LogP contribution in [0.2, 0.25) is 0 Å². The van der Waals surface area contributed by atoms with Crippen molar-refractivity contribution < 1.29 is 17.9 Å². The molecule has 0 aliphatic heterocycles. The van der Waals surface area contributed by atoms with Gasteiger partial charge in [-0.25, -0.2) is 0 Å². The van der Waals surface area contributed by atoms with Crippen LogP contribution >= 0.6 is 0 Å². The summed E-state index contributed by atoms with van der Waals surface area (Å²) < 4.78 is 42.6. The lowest BCUT2D eigenvalue weighted by molar-refractivity contribution is -0.148. The Bertz CT molecular complexity index is 533. The molecule has 6 heteroatoms. The fourth-order valence-corrected chi connectivity index (χ4v) is 1.69. The van der Waals surface area contributed by atoms with E-state index in [0.717, 1.165) is 0 Å². The van der Waals surface area contributed by atoms with Gasteiger partial charge in [0.15, 0.2) is 0 Å². The highest BCUT2D eigenvalue weighted by atomic mass is 19.4. The highest BCUT2D eigenvalue weighted by molar-refractivity contribution is 5.85. The number of hydrogen-bond acceptors (Lipinski definition) is 2. The lowest BCUT2D eigenvalue weighted by Crippen LogP contribution is -2.28. The standard InChI is InChI=1S/C11H11F3N2O/c1-17-6-2-3-7-8(5-16-9(7)4-6)10(15)11(12,13)14/h2-5,10,16H,15H2,1H3/t10-/m0/s1. The van der Waals surface area contributed by atoms with Crippen molar-refractivity contribution in [1.82, 2.24) is 4.98 Å². The Kier molecular flexibility index (Phi) is 2.74. The Morgan fingerprint density at radius 1 is 1.35 bits per heavy atom. The van der Waals surface area contributed by atoms with Crippen molar-refractivity contribution in [2.75, 3.05) is 7.11 Å². The highest BCUT2D eigenvalue weighted by Gasteiger charge is 2.39. The summed E-state index contributed by atoms with van der Waals surface area (Å²) in [7, 11) is 1.49. The summed E-state index contributed by atoms with van der Waals surface area (Å²) >= 11 is 0. The largest absolute Gasteiger partial charge is 0.497 e. The number of aromatic amines is 1. The maximum atomic E-state index is 12.5. The Hall–Kier alpha value is -1.69. The average Bonchev–Trinajstić information content (AvgIpc) is 2.69. The summed E-state index contributed by atoms with van der Waals surface area (Å²) in [4.78, 5) is 2.76. The van der Waals surface area contributed by atoms with Crippen LogP contribution in [0.15, 0.2) is 24.4 Å². The van der Waals surface area contributed by atoms with Crippen LogP contribution in [0, 0.1) is 0 Å². The molecule has 0 amide bonds. The van der Waals surface area contributed by atoms with E-state index in [9.17, 15) is 13.2 Å². The van der Waals surface area contributed by atoms with Crippen LogP contribution in [0.4, 0.5) is 13.2 Å². The molecule has 0 unspecified atom stereocenters. The van der Waals surface area contributed by atoms with E-state index in [-0.39, 0.29) is 5.56 Å². The molecule has 0 bridgehead atoms. The molecule has 0 spiro atoms. The second-order valence-corrected chi connectivity index (χ2v) is 3.67. The minimum atomic E-state index is -4.45. The molecule has 3 nitrogen and oxygen atoms in total. The maximum absolute atomic E-state index is 12.5. The molecule has 17 heavy (non-hydrogen) atoms. The minimum Gasteiger partial charge on any atom is -0.497 e. The van der Waals surface area contributed by atoms with Crippen molar-refractivity contribution in [3.05, 3.63) is 30.0 Å². The number of aromatic nitrogens is 1. The summed E-state index contributed by atoms with van der Waals surface area (Å²) in [5, 5.41) is 0.454. The van der Waals surface area contributed by atoms with Gasteiger partial charge in [-0.2, -0.15) is 13.2 Å². The summed E-state index contributed by atoms with van der Waals surface area (Å²) in [6.07, 6.45) is -3.17. The number of alkyl halides is 3. The van der Waals surface area contributed by atoms with E-state index in [0.29, 0.717) is 16.7 Å². The number of rotatable bonds is 2. The molecule has 0 aliphatic rings. The zero-order valence-corrected chi connectivity index (χ0v) is 9.01. The van der Waals surface area contributed by atoms with E-state index in [4.69, 9.17) is 10.5 Å². The van der Waals surface area contributed by atoms with E-state index in [1.807, 2.05) is 0 Å². The first kappa shape index (κ1) is 11.8. The van der Waals surface area contributed by atoms with Crippen molar-refractivity contribution in [3.63, 3.8) is 0 Å². The molecular formula is C11H11F3N2O. The second-order valence-electron chi connectivity index (χ2n) is 3.67. The van der Waals surface area contributed by atoms with Gasteiger partial charge in [-0.1, -0.05) is 0 Å². The van der Waals surface area contributed by atoms with Crippen molar-refractivity contribution in [2.45, 2.75) is 12.2 Å². The summed E-state index contributed by atoms with van der Waals surface area (Å²) in [5.41, 5.74) is 5.78. The SMILES string of the molecule is COc1ccc2c([C@H](N)C(F)(F)F)c[nH]c2c1. The number of nitrogens with one attached hydrogen (secondary N) is 1. The maximum Gasteiger partial charge on any atom is 0.407 e. The van der Waals surface area contributed by atoms with Gasteiger partial charge >= 0.3 is 6.18 Å². The van der Waals surface area contributed by atoms with E-state index >= 15 is 0 Å². The molecule has 2 rings (SSSR count). The van der Waals surface area contributed by atoms with E-state index < -0.39 is 12.2 Å². The molecule has 0 radical (unpaired) electrons. The average molecular weight is 244 g/mol. The van der Waals surface area contributed by atoms with Crippen LogP contribution in [0.3, 0.4) is 0 Å². The predicted molar refractivity (Wildman–Crippen MR) is 57.8 cm³/mol. The first-order chi connectivity index (χ1) is 7.93. The van der Waals surface area contributed by atoms with Gasteiger partial charge in [-0.05, 0) is 12.1 Å². The van der Waals surface area contributed by atoms with E-state index in [1.165, 1.54) is 13.3 Å². The van der Waals surface area contributed by atoms with Crippen molar-refractivity contribution >= 4 is 10.9 Å². The first-order valence-corrected chi connectivity index (χ1v) is 4.91. The zero-order chi connectivity index (χ0) is 12.6. The molecule has 0 fully saturated rings. The van der Waals surface area contributed by atoms with Crippen molar-refractivity contribution in [2.24, 2.45) is 5.73 Å². The monoisotopic (exact) mass is 244 g/mol. The number of halogens is 3. The number of hydrogen-bond donors (Lipinski definition) is 2. The minimum absolute atomic E-state index is 0.0372. The van der Waals surface area contributed by atoms with Gasteiger partial charge in [-0.3, -0.25) is 0 Å². The molecule has 0 saturated heterocycles. The summed E-state index contributed by atoms with van der Waals surface area (Å²) in [6.45, 7) is 0. The number of H-pyrrole nitrogens is 1. The molecule has 1 heterocycles. The molecule has 1 aromatic heterocycles. The molecule has 1 aromatic carbocycles. The zero-order valence-electron chi connectivity index (χ0n) is 9.01. The number of benzene rings is 1. The number of ether oxygens (including phenoxy) is 1. The quantitative estimate of drug-likeness (QED) is 0.853. The van der Waals surface area contributed by atoms with Crippen LogP contribution in [0.25, 0.3) is 10.9 Å². The first-order valence-electron chi connectivity index (χ1n) is 4.91. The molecule has 92 valence electrons. The van der Waals surface area contributed by atoms with Gasteiger partial charge in [-0.15, -0.1) is 0 Å². The normalized spacial score (nSPS) is 13.9. The Morgan fingerprint density at radius 3 is 2.65 bits per heavy atom. The van der Waals surface area contributed by atoms with Crippen LogP contribution in [0.1, 0.15) is 11.6 Å². The van der Waals surface area contributed by atoms with Gasteiger partial charge in [0.05, 0.1) is 7.11 Å². The molecule has 2 aromatic rings. The summed E-state index contributed by atoms with van der Waals surface area (Å²) in [5.74, 6) is 0.575. The summed E-state index contributed by atoms with van der Waals surface area (Å²) in [6, 6.07) is 2.81. The molecule has 0 aliphatic carbocycles. The highest BCUT2D eigenvalue weighted by Crippen LogP contribution is 2.35. The van der Waals surface area contributed by atoms with Gasteiger partial charge in [0.1, 0.15) is 11.8 Å². The van der Waals surface area contributed by atoms with Gasteiger partial charge in [0, 0.05) is 28.7 Å². The van der Waals surface area contributed by atoms with Crippen LogP contribution in [-0.2, 0) is 0 Å². The third-order valence-electron chi connectivity index (χ3n) is 2.61. The van der Waals surface area contributed by atoms with Crippen LogP contribution < -0.4 is 10.5 Å². The Morgan fingerprint density at radius 2 is 2.06 bits per heavy atom. The predicted octanol–water partition coefficient (Wildman–Crippen LogP) is 2.74. The van der Waals surface area contributed by atoms with Crippen LogP contribution in [0.5, 0.6) is 5.75 Å². The Labute approximate surface area is 95.4 Å². The lowest BCUT2D eigenvalue weighted by Gasteiger charge is -2.14. The number of nitrogens with two attached hydrogens (primary N) is 1. The second kappa shape index (κ2) is 3.96.